The van der Waals surface area contributed by atoms with E-state index in [0.717, 1.165) is 12.4 Å². The van der Waals surface area contributed by atoms with Crippen molar-refractivity contribution in [2.75, 3.05) is 6.61 Å². The molecule has 170 valence electrons. The number of hydrogen-bond donors (Lipinski definition) is 0. The Bertz CT molecular complexity index is 868. The minimum Gasteiger partial charge on any atom is -0.493 e. The van der Waals surface area contributed by atoms with Gasteiger partial charge in [0.2, 0.25) is 8.15 Å². The third kappa shape index (κ3) is 17.5. The summed E-state index contributed by atoms with van der Waals surface area (Å²) < 4.78 is 16.4. The fourth-order valence-corrected chi connectivity index (χ4v) is 3.64. The lowest BCUT2D eigenvalue weighted by molar-refractivity contribution is 0.302. The summed E-state index contributed by atoms with van der Waals surface area (Å²) in [6.07, 6.45) is 10.8. The van der Waals surface area contributed by atoms with Crippen LogP contribution in [0.4, 0.5) is 0 Å². The van der Waals surface area contributed by atoms with Crippen LogP contribution in [0.15, 0.2) is 18.2 Å². The molecule has 0 atom stereocenters. The minimum atomic E-state index is -1.09. The van der Waals surface area contributed by atoms with Gasteiger partial charge < -0.3 is 4.74 Å². The molecule has 4 heteroatoms. The van der Waals surface area contributed by atoms with Crippen LogP contribution in [0.3, 0.4) is 0 Å². The summed E-state index contributed by atoms with van der Waals surface area (Å²) >= 11 is 0. The Balaban J connectivity index is 0.000000649. The first-order valence-corrected chi connectivity index (χ1v) is 14.1. The van der Waals surface area contributed by atoms with E-state index < -0.39 is 7.61 Å². The van der Waals surface area contributed by atoms with Gasteiger partial charge in [0.15, 0.2) is 0 Å². The van der Waals surface area contributed by atoms with Gasteiger partial charge in [-0.05, 0) is 86.3 Å². The maximum absolute atomic E-state index is 10.5. The quantitative estimate of drug-likeness (QED) is 0.186. The van der Waals surface area contributed by atoms with E-state index in [1.54, 1.807) is 13.8 Å². The Labute approximate surface area is 199 Å². The Morgan fingerprint density at radius 3 is 1.94 bits per heavy atom. The van der Waals surface area contributed by atoms with E-state index in [-0.39, 0.29) is 8.15 Å². The first-order chi connectivity index (χ1) is 15.6. The van der Waals surface area contributed by atoms with Crippen molar-refractivity contribution in [2.45, 2.75) is 86.0 Å². The van der Waals surface area contributed by atoms with E-state index in [1.165, 1.54) is 62.5 Å². The molecular formula is C28H36O2P2. The van der Waals surface area contributed by atoms with Crippen LogP contribution in [-0.2, 0) is 4.57 Å². The molecule has 1 aromatic rings. The minimum absolute atomic E-state index is 0.0469. The standard InChI is InChI=1S/C18H30O.C10H6OP2/c1-4-5-6-7-8-9-10-11-14-19-18-15-16(2)12-13-17(18)3;1-3-5-7-9-13(12-11)10-8-6-4-2/h12-13,15H,4-11,14H2,1-3H3;1-2H3. The van der Waals surface area contributed by atoms with Crippen molar-refractivity contribution in [3.05, 3.63) is 29.3 Å². The van der Waals surface area contributed by atoms with Gasteiger partial charge in [-0.25, -0.2) is 0 Å². The van der Waals surface area contributed by atoms with E-state index in [4.69, 9.17) is 4.74 Å². The van der Waals surface area contributed by atoms with E-state index in [9.17, 15) is 4.57 Å². The molecule has 0 heterocycles. The Kier molecular flexibility index (Phi) is 20.5. The van der Waals surface area contributed by atoms with Gasteiger partial charge in [-0.2, -0.15) is 0 Å². The van der Waals surface area contributed by atoms with E-state index >= 15 is 0 Å². The normalized spacial score (nSPS) is 8.94. The molecule has 0 radical (unpaired) electrons. The van der Waals surface area contributed by atoms with Crippen LogP contribution in [-0.4, -0.2) is 6.61 Å². The van der Waals surface area contributed by atoms with Gasteiger partial charge in [0.25, 0.3) is 0 Å². The van der Waals surface area contributed by atoms with Crippen LogP contribution in [0.25, 0.3) is 0 Å². The summed E-state index contributed by atoms with van der Waals surface area (Å²) in [4.78, 5) is 0. The Hall–Kier alpha value is -2.21. The molecule has 0 aromatic heterocycles. The molecule has 0 N–H and O–H groups in total. The van der Waals surface area contributed by atoms with Crippen molar-refractivity contribution in [1.82, 2.24) is 0 Å². The molecular weight excluding hydrogens is 430 g/mol. The van der Waals surface area contributed by atoms with Gasteiger partial charge in [-0.3, -0.25) is 4.57 Å². The summed E-state index contributed by atoms with van der Waals surface area (Å²) in [5.41, 5.74) is 7.92. The lowest BCUT2D eigenvalue weighted by atomic mass is 10.1. The van der Waals surface area contributed by atoms with Crippen molar-refractivity contribution < 1.29 is 9.30 Å². The van der Waals surface area contributed by atoms with Crippen LogP contribution in [0.1, 0.15) is 83.3 Å². The number of rotatable bonds is 11. The van der Waals surface area contributed by atoms with Crippen molar-refractivity contribution in [3.63, 3.8) is 0 Å². The van der Waals surface area contributed by atoms with Crippen molar-refractivity contribution in [3.8, 4) is 52.6 Å². The predicted octanol–water partition coefficient (Wildman–Crippen LogP) is 8.47. The van der Waals surface area contributed by atoms with Crippen LogP contribution in [0.2, 0.25) is 0 Å². The van der Waals surface area contributed by atoms with Gasteiger partial charge in [-0.1, -0.05) is 75.8 Å². The molecule has 0 aliphatic heterocycles. The molecule has 0 unspecified atom stereocenters. The number of benzene rings is 1. The summed E-state index contributed by atoms with van der Waals surface area (Å²) in [6.45, 7) is 10.7. The maximum Gasteiger partial charge on any atom is 0.208 e. The molecule has 0 saturated heterocycles. The molecule has 0 bridgehead atoms. The number of aryl methyl sites for hydroxylation is 2. The Morgan fingerprint density at radius 1 is 0.844 bits per heavy atom. The lowest BCUT2D eigenvalue weighted by Crippen LogP contribution is -1.99. The van der Waals surface area contributed by atoms with Gasteiger partial charge in [0, 0.05) is 0 Å². The SMILES string of the molecule is CC#CC#CP(C#CC#CC)P=O.CCCCCCCCCCOc1cc(C)ccc1C. The molecule has 32 heavy (non-hydrogen) atoms. The molecule has 1 rings (SSSR count). The summed E-state index contributed by atoms with van der Waals surface area (Å²) in [5.74, 6) is 16.6. The monoisotopic (exact) mass is 466 g/mol. The summed E-state index contributed by atoms with van der Waals surface area (Å²) in [7, 11) is -1.14. The average Bonchev–Trinajstić information content (AvgIpc) is 2.79. The van der Waals surface area contributed by atoms with Gasteiger partial charge in [0.1, 0.15) is 13.4 Å². The van der Waals surface area contributed by atoms with Crippen LogP contribution in [0.5, 0.6) is 5.75 Å². The average molecular weight is 467 g/mol. The van der Waals surface area contributed by atoms with Crippen molar-refractivity contribution in [2.24, 2.45) is 0 Å². The fourth-order valence-electron chi connectivity index (χ4n) is 2.64. The highest BCUT2D eigenvalue weighted by molar-refractivity contribution is 8.21. The largest absolute Gasteiger partial charge is 0.493 e. The van der Waals surface area contributed by atoms with Gasteiger partial charge >= 0.3 is 0 Å². The van der Waals surface area contributed by atoms with Crippen LogP contribution < -0.4 is 4.74 Å². The zero-order valence-electron chi connectivity index (χ0n) is 20.3. The van der Waals surface area contributed by atoms with Crippen LogP contribution in [0, 0.1) is 60.7 Å². The molecule has 0 aliphatic rings. The van der Waals surface area contributed by atoms with E-state index in [1.807, 2.05) is 0 Å². The second kappa shape index (κ2) is 22.0. The molecule has 2 nitrogen and oxygen atoms in total. The molecule has 0 amide bonds. The second-order valence-electron chi connectivity index (χ2n) is 7.21. The number of hydrogen-bond acceptors (Lipinski definition) is 2. The fraction of sp³-hybridized carbons (Fsp3) is 0.500. The number of unbranched alkanes of at least 4 members (excludes halogenated alkanes) is 7. The first-order valence-electron chi connectivity index (χ1n) is 11.3. The zero-order valence-corrected chi connectivity index (χ0v) is 22.1. The molecule has 0 saturated carbocycles. The van der Waals surface area contributed by atoms with E-state index in [2.05, 4.69) is 85.8 Å². The lowest BCUT2D eigenvalue weighted by Gasteiger charge is -2.09. The van der Waals surface area contributed by atoms with E-state index in [0.29, 0.717) is 0 Å². The molecule has 1 aromatic carbocycles. The molecule has 0 aliphatic carbocycles. The predicted molar refractivity (Wildman–Crippen MR) is 141 cm³/mol. The zero-order chi connectivity index (χ0) is 23.9. The van der Waals surface area contributed by atoms with Crippen molar-refractivity contribution in [1.29, 1.82) is 0 Å². The summed E-state index contributed by atoms with van der Waals surface area (Å²) in [5, 5.41) is 0. The van der Waals surface area contributed by atoms with Crippen LogP contribution >= 0.6 is 15.8 Å². The summed E-state index contributed by atoms with van der Waals surface area (Å²) in [6, 6.07) is 6.41. The van der Waals surface area contributed by atoms with Gasteiger partial charge in [-0.15, -0.1) is 0 Å². The number of ether oxygens (including phenoxy) is 1. The smallest absolute Gasteiger partial charge is 0.208 e. The molecule has 0 spiro atoms. The van der Waals surface area contributed by atoms with Gasteiger partial charge in [0.05, 0.1) is 6.61 Å². The third-order valence-corrected chi connectivity index (χ3v) is 6.28. The van der Waals surface area contributed by atoms with Crippen molar-refractivity contribution >= 4 is 15.8 Å². The Morgan fingerprint density at radius 2 is 1.41 bits per heavy atom. The highest BCUT2D eigenvalue weighted by atomic mass is 32.0. The highest BCUT2D eigenvalue weighted by Gasteiger charge is 1.99. The third-order valence-electron chi connectivity index (χ3n) is 4.38. The highest BCUT2D eigenvalue weighted by Crippen LogP contribution is 2.46. The topological polar surface area (TPSA) is 26.3 Å². The second-order valence-corrected chi connectivity index (χ2v) is 10.1. The first kappa shape index (κ1) is 29.8. The molecule has 0 fully saturated rings. The maximum atomic E-state index is 10.5.